The van der Waals surface area contributed by atoms with Crippen LogP contribution in [0.4, 0.5) is 0 Å². The van der Waals surface area contributed by atoms with E-state index >= 15 is 0 Å². The average molecular weight is 525 g/mol. The van der Waals surface area contributed by atoms with Crippen LogP contribution in [-0.4, -0.2) is 50.1 Å². The Labute approximate surface area is 216 Å². The molecule has 0 atom stereocenters. The van der Waals surface area contributed by atoms with Crippen LogP contribution in [0.25, 0.3) is 0 Å². The van der Waals surface area contributed by atoms with Crippen molar-refractivity contribution in [3.8, 4) is 0 Å². The number of carboxylic acids is 4. The Hall–Kier alpha value is -2.80. The molecule has 0 aromatic carbocycles. The standard InChI is InChI=1S/4C4H11N.2C4H4O4/c4*1-2-3-4-5;2*5-3(6)1-2-4(7)8/h4*2-5H2,1H3;2*1-2H,(H,5,6)(H,7,8)/b;;;;2*2-1-. The van der Waals surface area contributed by atoms with E-state index in [1.807, 2.05) is 0 Å². The lowest BCUT2D eigenvalue weighted by molar-refractivity contribution is -0.368. The number of hydrogen-bond acceptors (Lipinski definition) is 8. The van der Waals surface area contributed by atoms with Crippen molar-refractivity contribution in [3.63, 3.8) is 0 Å². The first kappa shape index (κ1) is 46.5. The summed E-state index contributed by atoms with van der Waals surface area (Å²) in [5.74, 6) is -6.19. The molecule has 12 N–H and O–H groups in total. The Morgan fingerprint density at radius 3 is 0.611 bits per heavy atom. The van der Waals surface area contributed by atoms with Gasteiger partial charge in [0, 0.05) is 0 Å². The van der Waals surface area contributed by atoms with Gasteiger partial charge in [-0.05, 0) is 50.0 Å². The van der Waals surface area contributed by atoms with Crippen LogP contribution in [0.5, 0.6) is 0 Å². The summed E-state index contributed by atoms with van der Waals surface area (Å²) in [6, 6.07) is 0. The third-order valence-corrected chi connectivity index (χ3v) is 3.13. The number of unbranched alkanes of at least 4 members (excludes halogenated alkanes) is 4. The minimum Gasteiger partial charge on any atom is -0.545 e. The highest BCUT2D eigenvalue weighted by atomic mass is 16.4. The van der Waals surface area contributed by atoms with Gasteiger partial charge in [0.25, 0.3) is 0 Å². The molecule has 0 spiro atoms. The van der Waals surface area contributed by atoms with Gasteiger partial charge in [0.05, 0.1) is 50.1 Å². The van der Waals surface area contributed by atoms with Gasteiger partial charge in [-0.15, -0.1) is 0 Å². The van der Waals surface area contributed by atoms with Gasteiger partial charge in [0.1, 0.15) is 0 Å². The lowest BCUT2D eigenvalue weighted by Crippen LogP contribution is -2.49. The smallest absolute Gasteiger partial charge is 0.0739 e. The van der Waals surface area contributed by atoms with E-state index in [2.05, 4.69) is 50.6 Å². The Kier molecular flexibility index (Phi) is 63.8. The molecule has 216 valence electrons. The van der Waals surface area contributed by atoms with Gasteiger partial charge in [-0.25, -0.2) is 0 Å². The molecule has 0 unspecified atom stereocenters. The fraction of sp³-hybridized carbons (Fsp3) is 0.667. The molecule has 0 heterocycles. The van der Waals surface area contributed by atoms with E-state index in [9.17, 15) is 39.6 Å². The summed E-state index contributed by atoms with van der Waals surface area (Å²) < 4.78 is 0. The first-order valence-electron chi connectivity index (χ1n) is 12.3. The molecule has 0 fully saturated rings. The van der Waals surface area contributed by atoms with Gasteiger partial charge in [-0.1, -0.05) is 53.4 Å². The molecular weight excluding hydrogens is 472 g/mol. The van der Waals surface area contributed by atoms with Crippen LogP contribution in [-0.2, 0) is 19.2 Å². The monoisotopic (exact) mass is 524 g/mol. The van der Waals surface area contributed by atoms with Crippen LogP contribution in [0.3, 0.4) is 0 Å². The van der Waals surface area contributed by atoms with Gasteiger partial charge < -0.3 is 62.5 Å². The number of carbonyl (C=O) groups is 4. The van der Waals surface area contributed by atoms with Crippen molar-refractivity contribution in [2.24, 2.45) is 0 Å². The summed E-state index contributed by atoms with van der Waals surface area (Å²) in [7, 11) is 0. The van der Waals surface area contributed by atoms with Crippen molar-refractivity contribution in [2.45, 2.75) is 79.1 Å². The van der Waals surface area contributed by atoms with Gasteiger partial charge in [-0.3, -0.25) is 0 Å². The van der Waals surface area contributed by atoms with Crippen molar-refractivity contribution in [3.05, 3.63) is 24.3 Å². The first-order valence-corrected chi connectivity index (χ1v) is 12.3. The number of quaternary nitrogens is 4. The third kappa shape index (κ3) is 123. The summed E-state index contributed by atoms with van der Waals surface area (Å²) in [5, 5.41) is 37.7. The molecule has 0 aliphatic heterocycles. The summed E-state index contributed by atoms with van der Waals surface area (Å²) >= 11 is 0. The van der Waals surface area contributed by atoms with Gasteiger partial charge >= 0.3 is 0 Å². The second-order valence-corrected chi connectivity index (χ2v) is 6.77. The van der Waals surface area contributed by atoms with Crippen LogP contribution in [0.15, 0.2) is 24.3 Å². The number of carbonyl (C=O) groups excluding carboxylic acids is 4. The lowest BCUT2D eigenvalue weighted by atomic mass is 10.3. The molecule has 12 nitrogen and oxygen atoms in total. The van der Waals surface area contributed by atoms with Crippen LogP contribution >= 0.6 is 0 Å². The Morgan fingerprint density at radius 2 is 0.583 bits per heavy atom. The molecule has 12 heteroatoms. The molecule has 0 saturated carbocycles. The van der Waals surface area contributed by atoms with E-state index in [0.717, 1.165) is 26.2 Å². The zero-order valence-electron chi connectivity index (χ0n) is 22.9. The maximum Gasteiger partial charge on any atom is 0.0739 e. The van der Waals surface area contributed by atoms with Crippen molar-refractivity contribution in [2.75, 3.05) is 26.2 Å². The molecule has 0 amide bonds. The Balaban J connectivity index is -0.0000000762. The second kappa shape index (κ2) is 49.4. The highest BCUT2D eigenvalue weighted by Crippen LogP contribution is 1.77. The van der Waals surface area contributed by atoms with Gasteiger partial charge in [0.2, 0.25) is 0 Å². The normalized spacial score (nSPS) is 8.89. The molecule has 0 aliphatic rings. The SMILES string of the molecule is CCCC[NH3+].CCCC[NH3+].CCCC[NH3+].CCCC[NH3+].O=C([O-])/C=C\C(=O)[O-].O=C([O-])/C=C\C(=O)[O-]. The molecule has 0 aliphatic carbocycles. The Morgan fingerprint density at radius 1 is 0.444 bits per heavy atom. The maximum absolute atomic E-state index is 9.41. The predicted octanol–water partition coefficient (Wildman–Crippen LogP) is -5.80. The number of hydrogen-bond donors (Lipinski definition) is 4. The topological polar surface area (TPSA) is 271 Å². The van der Waals surface area contributed by atoms with E-state index in [1.165, 1.54) is 51.4 Å². The maximum atomic E-state index is 9.41. The minimum atomic E-state index is -1.55. The molecule has 0 bridgehead atoms. The summed E-state index contributed by atoms with van der Waals surface area (Å²) in [6.07, 6.45) is 11.8. The average Bonchev–Trinajstić information content (AvgIpc) is 2.81. The Bertz CT molecular complexity index is 430. The highest BCUT2D eigenvalue weighted by molar-refractivity contribution is 5.88. The van der Waals surface area contributed by atoms with Crippen LogP contribution in [0.2, 0.25) is 0 Å². The molecule has 0 aromatic heterocycles. The molecule has 0 aromatic rings. The van der Waals surface area contributed by atoms with Gasteiger partial charge in [0.15, 0.2) is 0 Å². The second-order valence-electron chi connectivity index (χ2n) is 6.77. The molecule has 0 rings (SSSR count). The lowest BCUT2D eigenvalue weighted by Gasteiger charge is -1.90. The molecular formula is C24H52N4O8. The summed E-state index contributed by atoms with van der Waals surface area (Å²) in [4.78, 5) is 37.7. The summed E-state index contributed by atoms with van der Waals surface area (Å²) in [5.41, 5.74) is 14.7. The van der Waals surface area contributed by atoms with E-state index in [1.54, 1.807) is 0 Å². The van der Waals surface area contributed by atoms with E-state index in [-0.39, 0.29) is 0 Å². The largest absolute Gasteiger partial charge is 0.545 e. The number of carboxylic acid groups (broad SMARTS) is 4. The molecule has 36 heavy (non-hydrogen) atoms. The van der Waals surface area contributed by atoms with Crippen molar-refractivity contribution >= 4 is 23.9 Å². The number of rotatable bonds is 12. The summed E-state index contributed by atoms with van der Waals surface area (Å²) in [6.45, 7) is 13.1. The highest BCUT2D eigenvalue weighted by Gasteiger charge is 1.73. The fourth-order valence-electron chi connectivity index (χ4n) is 1.27. The van der Waals surface area contributed by atoms with Crippen LogP contribution < -0.4 is 43.4 Å². The predicted molar refractivity (Wildman–Crippen MR) is 129 cm³/mol. The first-order chi connectivity index (χ1) is 16.9. The van der Waals surface area contributed by atoms with Crippen molar-refractivity contribution < 1.29 is 62.5 Å². The zero-order chi connectivity index (χ0) is 29.6. The van der Waals surface area contributed by atoms with Gasteiger partial charge in [-0.2, -0.15) is 0 Å². The van der Waals surface area contributed by atoms with E-state index < -0.39 is 23.9 Å². The third-order valence-electron chi connectivity index (χ3n) is 3.13. The minimum absolute atomic E-state index is 0.384. The quantitative estimate of drug-likeness (QED) is 0.178. The van der Waals surface area contributed by atoms with E-state index in [4.69, 9.17) is 0 Å². The van der Waals surface area contributed by atoms with Crippen molar-refractivity contribution in [1.82, 2.24) is 0 Å². The van der Waals surface area contributed by atoms with E-state index in [0.29, 0.717) is 24.3 Å². The zero-order valence-corrected chi connectivity index (χ0v) is 22.9. The van der Waals surface area contributed by atoms with Crippen LogP contribution in [0.1, 0.15) is 79.1 Å². The van der Waals surface area contributed by atoms with Crippen molar-refractivity contribution in [1.29, 1.82) is 0 Å². The molecule has 0 saturated heterocycles. The fourth-order valence-corrected chi connectivity index (χ4v) is 1.27. The van der Waals surface area contributed by atoms with Crippen LogP contribution in [0, 0.1) is 0 Å². The number of aliphatic carboxylic acids is 4. The molecule has 0 radical (unpaired) electrons.